The molecule has 0 atom stereocenters. The van der Waals surface area contributed by atoms with Crippen molar-refractivity contribution in [1.82, 2.24) is 30.0 Å². The van der Waals surface area contributed by atoms with Crippen LogP contribution in [0.25, 0.3) is 11.0 Å². The third kappa shape index (κ3) is 4.45. The molecule has 3 N–H and O–H groups in total. The average molecular weight is 421 g/mol. The minimum absolute atomic E-state index is 0.206. The first-order chi connectivity index (χ1) is 15.2. The lowest BCUT2D eigenvalue weighted by molar-refractivity contribution is -0.127. The topological polar surface area (TPSA) is 110 Å². The number of fused-ring (bicyclic) bond motifs is 1. The van der Waals surface area contributed by atoms with Gasteiger partial charge in [0.2, 0.25) is 11.9 Å². The summed E-state index contributed by atoms with van der Waals surface area (Å²) in [7, 11) is 1.87. The van der Waals surface area contributed by atoms with Gasteiger partial charge in [-0.3, -0.25) is 9.48 Å². The van der Waals surface area contributed by atoms with Gasteiger partial charge in [0.05, 0.1) is 18.1 Å². The molecule has 0 saturated heterocycles. The van der Waals surface area contributed by atoms with E-state index >= 15 is 0 Å². The number of carbonyl (C=O) groups excluding carboxylic acids is 1. The highest BCUT2D eigenvalue weighted by molar-refractivity contribution is 5.79. The van der Waals surface area contributed by atoms with Gasteiger partial charge in [0.25, 0.3) is 0 Å². The molecule has 0 spiro atoms. The summed E-state index contributed by atoms with van der Waals surface area (Å²) in [6, 6.07) is 1.99. The first-order valence-corrected chi connectivity index (χ1v) is 11.1. The van der Waals surface area contributed by atoms with Gasteiger partial charge >= 0.3 is 0 Å². The van der Waals surface area contributed by atoms with Crippen molar-refractivity contribution in [3.8, 4) is 0 Å². The van der Waals surface area contributed by atoms with Crippen LogP contribution in [0.4, 0.5) is 17.5 Å². The maximum absolute atomic E-state index is 11.9. The van der Waals surface area contributed by atoms with Crippen LogP contribution in [-0.4, -0.2) is 43.7 Å². The van der Waals surface area contributed by atoms with Crippen molar-refractivity contribution >= 4 is 34.4 Å². The average Bonchev–Trinajstić information content (AvgIpc) is 3.50. The van der Waals surface area contributed by atoms with Gasteiger partial charge in [-0.2, -0.15) is 10.1 Å². The van der Waals surface area contributed by atoms with Gasteiger partial charge in [-0.1, -0.05) is 6.42 Å². The summed E-state index contributed by atoms with van der Waals surface area (Å²) in [5, 5.41) is 14.9. The Balaban J connectivity index is 1.21. The van der Waals surface area contributed by atoms with Gasteiger partial charge in [-0.15, -0.1) is 0 Å². The van der Waals surface area contributed by atoms with Gasteiger partial charge < -0.3 is 16.0 Å². The second-order valence-corrected chi connectivity index (χ2v) is 8.50. The number of nitrogens with zero attached hydrogens (tertiary/aromatic N) is 5. The Bertz CT molecular complexity index is 1090. The van der Waals surface area contributed by atoms with Crippen molar-refractivity contribution < 1.29 is 4.79 Å². The molecular formula is C22H28N8O. The van der Waals surface area contributed by atoms with E-state index in [0.29, 0.717) is 18.4 Å². The van der Waals surface area contributed by atoms with Crippen LogP contribution in [0, 0.1) is 5.92 Å². The molecule has 3 heterocycles. The maximum atomic E-state index is 11.9. The summed E-state index contributed by atoms with van der Waals surface area (Å²) in [5.74, 6) is 2.40. The molecule has 2 saturated carbocycles. The summed E-state index contributed by atoms with van der Waals surface area (Å²) in [6.45, 7) is 1.44. The van der Waals surface area contributed by atoms with E-state index < -0.39 is 0 Å². The molecule has 0 unspecified atom stereocenters. The quantitative estimate of drug-likeness (QED) is 0.456. The molecule has 0 radical (unpaired) electrons. The van der Waals surface area contributed by atoms with Crippen molar-refractivity contribution in [1.29, 1.82) is 0 Å². The predicted molar refractivity (Wildman–Crippen MR) is 119 cm³/mol. The number of aromatic nitrogens is 5. The summed E-state index contributed by atoms with van der Waals surface area (Å²) < 4.78 is 1.75. The van der Waals surface area contributed by atoms with Crippen molar-refractivity contribution in [2.24, 2.45) is 13.0 Å². The number of pyridine rings is 1. The molecule has 0 aromatic carbocycles. The monoisotopic (exact) mass is 420 g/mol. The number of hydrogen-bond donors (Lipinski definition) is 3. The molecule has 5 rings (SSSR count). The highest BCUT2D eigenvalue weighted by atomic mass is 16.1. The summed E-state index contributed by atoms with van der Waals surface area (Å²) in [5.41, 5.74) is 2.83. The van der Waals surface area contributed by atoms with Crippen LogP contribution in [0.1, 0.15) is 50.0 Å². The van der Waals surface area contributed by atoms with Crippen molar-refractivity contribution in [3.05, 3.63) is 30.2 Å². The van der Waals surface area contributed by atoms with Crippen LogP contribution in [-0.2, 0) is 11.8 Å². The lowest BCUT2D eigenvalue weighted by Gasteiger charge is -2.24. The fourth-order valence-corrected chi connectivity index (χ4v) is 3.85. The van der Waals surface area contributed by atoms with Gasteiger partial charge in [0.15, 0.2) is 5.65 Å². The minimum atomic E-state index is 0.206. The summed E-state index contributed by atoms with van der Waals surface area (Å²) in [4.78, 5) is 25.6. The predicted octanol–water partition coefficient (Wildman–Crippen LogP) is 3.10. The summed E-state index contributed by atoms with van der Waals surface area (Å²) in [6.07, 6.45) is 12.0. The smallest absolute Gasteiger partial charge is 0.229 e. The van der Waals surface area contributed by atoms with E-state index in [1.165, 1.54) is 24.8 Å². The SMILES string of the molecule is Cn1ncc2cc(Nc3ncc(C4CC4)c(NCCCNC(=O)C4CCC4)n3)cnc21. The molecular weight excluding hydrogens is 392 g/mol. The molecule has 2 fully saturated rings. The Labute approximate surface area is 181 Å². The Kier molecular flexibility index (Phi) is 5.40. The highest BCUT2D eigenvalue weighted by Crippen LogP contribution is 2.42. The van der Waals surface area contributed by atoms with Gasteiger partial charge in [-0.05, 0) is 44.1 Å². The zero-order valence-electron chi connectivity index (χ0n) is 17.8. The number of anilines is 3. The number of nitrogens with one attached hydrogen (secondary N) is 3. The Morgan fingerprint density at radius 1 is 1.13 bits per heavy atom. The third-order valence-electron chi connectivity index (χ3n) is 6.08. The van der Waals surface area contributed by atoms with Crippen molar-refractivity contribution in [3.63, 3.8) is 0 Å². The maximum Gasteiger partial charge on any atom is 0.229 e. The standard InChI is InChI=1S/C22H28N8O/c1-30-20-16(11-27-30)10-17(12-25-20)28-22-26-13-18(14-6-7-14)19(29-22)23-8-3-9-24-21(31)15-4-2-5-15/h10-15H,2-9H2,1H3,(H,24,31)(H2,23,26,28,29). The number of amides is 1. The van der Waals surface area contributed by atoms with Crippen molar-refractivity contribution in [2.45, 2.75) is 44.4 Å². The van der Waals surface area contributed by atoms with Crippen LogP contribution in [0.3, 0.4) is 0 Å². The van der Waals surface area contributed by atoms with Crippen LogP contribution in [0.15, 0.2) is 24.7 Å². The van der Waals surface area contributed by atoms with Gasteiger partial charge in [-0.25, -0.2) is 9.97 Å². The van der Waals surface area contributed by atoms with Crippen LogP contribution < -0.4 is 16.0 Å². The normalized spacial score (nSPS) is 16.2. The molecule has 1 amide bonds. The zero-order chi connectivity index (χ0) is 21.2. The number of rotatable bonds is 9. The molecule has 2 aliphatic rings. The van der Waals surface area contributed by atoms with Crippen LogP contribution in [0.2, 0.25) is 0 Å². The first-order valence-electron chi connectivity index (χ1n) is 11.1. The second-order valence-electron chi connectivity index (χ2n) is 8.50. The highest BCUT2D eigenvalue weighted by Gasteiger charge is 2.28. The van der Waals surface area contributed by atoms with E-state index in [1.54, 1.807) is 17.1 Å². The van der Waals surface area contributed by atoms with E-state index in [2.05, 4.69) is 31.0 Å². The van der Waals surface area contributed by atoms with Crippen LogP contribution in [0.5, 0.6) is 0 Å². The fraction of sp³-hybridized carbons (Fsp3) is 0.500. The molecule has 2 aliphatic carbocycles. The minimum Gasteiger partial charge on any atom is -0.370 e. The Morgan fingerprint density at radius 3 is 2.77 bits per heavy atom. The zero-order valence-corrected chi connectivity index (χ0v) is 17.8. The van der Waals surface area contributed by atoms with E-state index in [0.717, 1.165) is 48.3 Å². The molecule has 0 aliphatic heterocycles. The number of carbonyl (C=O) groups is 1. The molecule has 9 nitrogen and oxygen atoms in total. The first kappa shape index (κ1) is 19.7. The van der Waals surface area contributed by atoms with E-state index in [-0.39, 0.29) is 11.8 Å². The van der Waals surface area contributed by atoms with E-state index in [4.69, 9.17) is 4.98 Å². The third-order valence-corrected chi connectivity index (χ3v) is 6.08. The Morgan fingerprint density at radius 2 is 2.00 bits per heavy atom. The summed E-state index contributed by atoms with van der Waals surface area (Å²) >= 11 is 0. The lowest BCUT2D eigenvalue weighted by atomic mass is 9.85. The molecule has 9 heteroatoms. The van der Waals surface area contributed by atoms with E-state index in [9.17, 15) is 4.79 Å². The molecule has 3 aromatic rings. The largest absolute Gasteiger partial charge is 0.370 e. The molecule has 162 valence electrons. The number of hydrogen-bond acceptors (Lipinski definition) is 7. The lowest BCUT2D eigenvalue weighted by Crippen LogP contribution is -2.35. The molecule has 0 bridgehead atoms. The van der Waals surface area contributed by atoms with Gasteiger partial charge in [0, 0.05) is 43.2 Å². The molecule has 31 heavy (non-hydrogen) atoms. The fourth-order valence-electron chi connectivity index (χ4n) is 3.85. The Hall–Kier alpha value is -3.23. The second kappa shape index (κ2) is 8.49. The van der Waals surface area contributed by atoms with E-state index in [1.807, 2.05) is 19.3 Å². The van der Waals surface area contributed by atoms with Crippen LogP contribution >= 0.6 is 0 Å². The number of aryl methyl sites for hydroxylation is 1. The molecule has 3 aromatic heterocycles. The van der Waals surface area contributed by atoms with Crippen molar-refractivity contribution in [2.75, 3.05) is 23.7 Å². The van der Waals surface area contributed by atoms with Gasteiger partial charge in [0.1, 0.15) is 5.82 Å².